The highest BCUT2D eigenvalue weighted by Crippen LogP contribution is 2.27. The SMILES string of the molecule is N#CCC(=O)N1CC(n2ccc(-c3ccc(Oc4ccccc4)cc3)n2)C1. The second-order valence-electron chi connectivity index (χ2n) is 6.41. The van der Waals surface area contributed by atoms with Crippen molar-refractivity contribution >= 4 is 5.91 Å². The van der Waals surface area contributed by atoms with Crippen LogP contribution in [0.4, 0.5) is 0 Å². The second-order valence-corrected chi connectivity index (χ2v) is 6.41. The number of hydrogen-bond donors (Lipinski definition) is 0. The monoisotopic (exact) mass is 358 g/mol. The van der Waals surface area contributed by atoms with E-state index in [-0.39, 0.29) is 18.4 Å². The molecule has 0 aliphatic carbocycles. The van der Waals surface area contributed by atoms with Gasteiger partial charge in [-0.05, 0) is 42.5 Å². The third kappa shape index (κ3) is 3.67. The molecule has 0 bridgehead atoms. The molecule has 1 aliphatic rings. The van der Waals surface area contributed by atoms with Gasteiger partial charge in [-0.25, -0.2) is 0 Å². The van der Waals surface area contributed by atoms with E-state index in [9.17, 15) is 4.79 Å². The normalized spacial score (nSPS) is 13.7. The molecule has 2 aromatic carbocycles. The van der Waals surface area contributed by atoms with Crippen molar-refractivity contribution in [3.63, 3.8) is 0 Å². The molecule has 1 amide bonds. The lowest BCUT2D eigenvalue weighted by Crippen LogP contribution is -2.50. The van der Waals surface area contributed by atoms with Crippen molar-refractivity contribution in [2.75, 3.05) is 13.1 Å². The highest BCUT2D eigenvalue weighted by Gasteiger charge is 2.32. The molecule has 0 saturated carbocycles. The Kier molecular flexibility index (Phi) is 4.58. The van der Waals surface area contributed by atoms with Crippen LogP contribution in [0, 0.1) is 11.3 Å². The van der Waals surface area contributed by atoms with Crippen LogP contribution >= 0.6 is 0 Å². The van der Waals surface area contributed by atoms with E-state index in [2.05, 4.69) is 5.10 Å². The summed E-state index contributed by atoms with van der Waals surface area (Å²) in [6, 6.07) is 21.5. The van der Waals surface area contributed by atoms with Crippen molar-refractivity contribution in [2.24, 2.45) is 0 Å². The van der Waals surface area contributed by atoms with Gasteiger partial charge in [0.2, 0.25) is 5.91 Å². The van der Waals surface area contributed by atoms with Crippen molar-refractivity contribution < 1.29 is 9.53 Å². The standard InChI is InChI=1S/C21H18N4O2/c22-12-10-21(26)24-14-17(15-24)25-13-11-20(23-25)16-6-8-19(9-7-16)27-18-4-2-1-3-5-18/h1-9,11,13,17H,10,14-15H2. The summed E-state index contributed by atoms with van der Waals surface area (Å²) < 4.78 is 7.70. The summed E-state index contributed by atoms with van der Waals surface area (Å²) in [5, 5.41) is 13.2. The van der Waals surface area contributed by atoms with Gasteiger partial charge in [0.1, 0.15) is 17.9 Å². The number of aromatic nitrogens is 2. The van der Waals surface area contributed by atoms with Crippen LogP contribution in [-0.4, -0.2) is 33.7 Å². The van der Waals surface area contributed by atoms with Crippen LogP contribution in [0.5, 0.6) is 11.5 Å². The van der Waals surface area contributed by atoms with E-state index in [1.54, 1.807) is 4.90 Å². The average molecular weight is 358 g/mol. The first-order chi connectivity index (χ1) is 13.2. The predicted molar refractivity (Wildman–Crippen MR) is 100 cm³/mol. The smallest absolute Gasteiger partial charge is 0.236 e. The van der Waals surface area contributed by atoms with Crippen LogP contribution in [0.25, 0.3) is 11.3 Å². The summed E-state index contributed by atoms with van der Waals surface area (Å²) in [6.07, 6.45) is 1.87. The van der Waals surface area contributed by atoms with Gasteiger partial charge in [0, 0.05) is 24.8 Å². The summed E-state index contributed by atoms with van der Waals surface area (Å²) in [7, 11) is 0. The molecule has 1 aliphatic heterocycles. The lowest BCUT2D eigenvalue weighted by atomic mass is 10.1. The molecule has 0 unspecified atom stereocenters. The van der Waals surface area contributed by atoms with E-state index in [4.69, 9.17) is 10.00 Å². The molecule has 0 spiro atoms. The van der Waals surface area contributed by atoms with Crippen molar-refractivity contribution in [3.8, 4) is 28.8 Å². The Morgan fingerprint density at radius 1 is 1.07 bits per heavy atom. The molecule has 1 saturated heterocycles. The molecule has 0 radical (unpaired) electrons. The first-order valence-electron chi connectivity index (χ1n) is 8.76. The maximum absolute atomic E-state index is 11.7. The first kappa shape index (κ1) is 16.9. The van der Waals surface area contributed by atoms with Gasteiger partial charge in [-0.1, -0.05) is 18.2 Å². The van der Waals surface area contributed by atoms with Crippen LogP contribution in [0.15, 0.2) is 66.9 Å². The molecule has 2 heterocycles. The van der Waals surface area contributed by atoms with Crippen LogP contribution in [0.2, 0.25) is 0 Å². The summed E-state index contributed by atoms with van der Waals surface area (Å²) in [5.41, 5.74) is 1.88. The van der Waals surface area contributed by atoms with Crippen LogP contribution < -0.4 is 4.74 Å². The van der Waals surface area contributed by atoms with Crippen molar-refractivity contribution in [1.29, 1.82) is 5.26 Å². The van der Waals surface area contributed by atoms with Gasteiger partial charge < -0.3 is 9.64 Å². The largest absolute Gasteiger partial charge is 0.457 e. The van der Waals surface area contributed by atoms with Crippen molar-refractivity contribution in [2.45, 2.75) is 12.5 Å². The maximum Gasteiger partial charge on any atom is 0.236 e. The van der Waals surface area contributed by atoms with Gasteiger partial charge >= 0.3 is 0 Å². The zero-order valence-electron chi connectivity index (χ0n) is 14.7. The number of para-hydroxylation sites is 1. The Bertz CT molecular complexity index is 967. The first-order valence-corrected chi connectivity index (χ1v) is 8.76. The number of amides is 1. The maximum atomic E-state index is 11.7. The molecule has 1 fully saturated rings. The van der Waals surface area contributed by atoms with Crippen molar-refractivity contribution in [3.05, 3.63) is 66.9 Å². The van der Waals surface area contributed by atoms with E-state index < -0.39 is 0 Å². The summed E-state index contributed by atoms with van der Waals surface area (Å²) in [4.78, 5) is 13.3. The molecule has 134 valence electrons. The average Bonchev–Trinajstić information content (AvgIpc) is 3.12. The minimum Gasteiger partial charge on any atom is -0.457 e. The minimum atomic E-state index is -0.116. The molecule has 0 N–H and O–H groups in total. The number of carbonyl (C=O) groups excluding carboxylic acids is 1. The molecule has 6 heteroatoms. The Labute approximate surface area is 157 Å². The van der Waals surface area contributed by atoms with E-state index in [1.807, 2.05) is 77.6 Å². The highest BCUT2D eigenvalue weighted by atomic mass is 16.5. The number of rotatable bonds is 5. The molecule has 27 heavy (non-hydrogen) atoms. The van der Waals surface area contributed by atoms with Crippen LogP contribution in [-0.2, 0) is 4.79 Å². The van der Waals surface area contributed by atoms with E-state index >= 15 is 0 Å². The fourth-order valence-corrected chi connectivity index (χ4v) is 3.02. The summed E-state index contributed by atoms with van der Waals surface area (Å²) >= 11 is 0. The molecular formula is C21H18N4O2. The van der Waals surface area contributed by atoms with Gasteiger partial charge in [-0.2, -0.15) is 10.4 Å². The zero-order valence-corrected chi connectivity index (χ0v) is 14.7. The number of ether oxygens (including phenoxy) is 1. The summed E-state index contributed by atoms with van der Waals surface area (Å²) in [6.45, 7) is 1.21. The predicted octanol–water partition coefficient (Wildman–Crippen LogP) is 3.64. The van der Waals surface area contributed by atoms with Crippen LogP contribution in [0.3, 0.4) is 0 Å². The van der Waals surface area contributed by atoms with Crippen molar-refractivity contribution in [1.82, 2.24) is 14.7 Å². The van der Waals surface area contributed by atoms with E-state index in [0.29, 0.717) is 13.1 Å². The fourth-order valence-electron chi connectivity index (χ4n) is 3.02. The number of carbonyl (C=O) groups is 1. The molecule has 6 nitrogen and oxygen atoms in total. The topological polar surface area (TPSA) is 71.2 Å². The Hall–Kier alpha value is -3.59. The molecule has 0 atom stereocenters. The Morgan fingerprint density at radius 2 is 1.78 bits per heavy atom. The van der Waals surface area contributed by atoms with Gasteiger partial charge in [-0.3, -0.25) is 9.48 Å². The number of nitriles is 1. The third-order valence-corrected chi connectivity index (χ3v) is 4.56. The highest BCUT2D eigenvalue weighted by molar-refractivity contribution is 5.79. The van der Waals surface area contributed by atoms with Gasteiger partial charge in [-0.15, -0.1) is 0 Å². The van der Waals surface area contributed by atoms with E-state index in [0.717, 1.165) is 22.8 Å². The van der Waals surface area contributed by atoms with Gasteiger partial charge in [0.25, 0.3) is 0 Å². The molecule has 3 aromatic rings. The van der Waals surface area contributed by atoms with Gasteiger partial charge in [0.05, 0.1) is 17.8 Å². The zero-order chi connectivity index (χ0) is 18.6. The lowest BCUT2D eigenvalue weighted by Gasteiger charge is -2.38. The second kappa shape index (κ2) is 7.34. The lowest BCUT2D eigenvalue weighted by molar-refractivity contribution is -0.136. The number of benzene rings is 2. The minimum absolute atomic E-state index is 0.0610. The van der Waals surface area contributed by atoms with Gasteiger partial charge in [0.15, 0.2) is 0 Å². The Balaban J connectivity index is 1.39. The molecule has 1 aromatic heterocycles. The quantitative estimate of drug-likeness (QED) is 0.698. The molecule has 4 rings (SSSR count). The number of likely N-dealkylation sites (tertiary alicyclic amines) is 1. The third-order valence-electron chi connectivity index (χ3n) is 4.56. The fraction of sp³-hybridized carbons (Fsp3) is 0.190. The van der Waals surface area contributed by atoms with Crippen LogP contribution in [0.1, 0.15) is 12.5 Å². The van der Waals surface area contributed by atoms with E-state index in [1.165, 1.54) is 0 Å². The number of nitrogens with zero attached hydrogens (tertiary/aromatic N) is 4. The molecular weight excluding hydrogens is 340 g/mol. The number of hydrogen-bond acceptors (Lipinski definition) is 4. The summed E-state index contributed by atoms with van der Waals surface area (Å²) in [5.74, 6) is 1.46. The Morgan fingerprint density at radius 3 is 2.48 bits per heavy atom.